The van der Waals surface area contributed by atoms with Gasteiger partial charge in [-0.3, -0.25) is 0 Å². The Kier molecular flexibility index (Phi) is 7.25. The zero-order chi connectivity index (χ0) is 15.0. The van der Waals surface area contributed by atoms with Gasteiger partial charge in [0, 0.05) is 18.3 Å². The summed E-state index contributed by atoms with van der Waals surface area (Å²) in [5.41, 5.74) is 0. The number of thioether (sulfide) groups is 1. The Morgan fingerprint density at radius 3 is 2.50 bits per heavy atom. The fourth-order valence-corrected chi connectivity index (χ4v) is 2.67. The molecule has 0 bridgehead atoms. The molecule has 8 heteroatoms. The summed E-state index contributed by atoms with van der Waals surface area (Å²) in [6.45, 7) is 5.28. The number of nitrogens with one attached hydrogen (secondary N) is 2. The lowest BCUT2D eigenvalue weighted by Gasteiger charge is -2.10. The second-order valence-corrected chi connectivity index (χ2v) is 7.45. The number of hydrogen-bond donors (Lipinski definition) is 2. The molecule has 1 atom stereocenters. The van der Waals surface area contributed by atoms with Crippen molar-refractivity contribution in [3.63, 3.8) is 0 Å². The minimum atomic E-state index is -3.51. The average molecular weight is 318 g/mol. The van der Waals surface area contributed by atoms with Gasteiger partial charge in [0.15, 0.2) is 0 Å². The summed E-state index contributed by atoms with van der Waals surface area (Å²) in [6, 6.07) is 0. The van der Waals surface area contributed by atoms with Crippen LogP contribution in [-0.4, -0.2) is 43.0 Å². The Balaban J connectivity index is 2.58. The Bertz CT molecular complexity index is 491. The average Bonchev–Trinajstić information content (AvgIpc) is 2.45. The van der Waals surface area contributed by atoms with Crippen LogP contribution >= 0.6 is 11.8 Å². The molecule has 1 rings (SSSR count). The first-order chi connectivity index (χ1) is 9.49. The molecule has 1 unspecified atom stereocenters. The summed E-state index contributed by atoms with van der Waals surface area (Å²) in [6.07, 6.45) is 6.40. The predicted octanol–water partition coefficient (Wildman–Crippen LogP) is 1.72. The van der Waals surface area contributed by atoms with Crippen molar-refractivity contribution in [1.29, 1.82) is 0 Å². The molecule has 1 aromatic rings. The molecule has 0 aliphatic heterocycles. The maximum atomic E-state index is 12.0. The second-order valence-electron chi connectivity index (χ2n) is 4.40. The van der Waals surface area contributed by atoms with E-state index in [1.807, 2.05) is 13.2 Å². The topological polar surface area (TPSA) is 84.0 Å². The lowest BCUT2D eigenvalue weighted by atomic mass is 10.3. The smallest absolute Gasteiger partial charge is 0.243 e. The highest BCUT2D eigenvalue weighted by Gasteiger charge is 2.15. The van der Waals surface area contributed by atoms with E-state index >= 15 is 0 Å². The van der Waals surface area contributed by atoms with E-state index in [4.69, 9.17) is 0 Å². The highest BCUT2D eigenvalue weighted by Crippen LogP contribution is 2.10. The quantitative estimate of drug-likeness (QED) is 0.721. The molecule has 0 aliphatic rings. The van der Waals surface area contributed by atoms with E-state index in [9.17, 15) is 8.42 Å². The molecule has 0 spiro atoms. The number of hydrogen-bond acceptors (Lipinski definition) is 6. The maximum absolute atomic E-state index is 12.0. The van der Waals surface area contributed by atoms with E-state index in [1.54, 1.807) is 11.8 Å². The lowest BCUT2D eigenvalue weighted by molar-refractivity contribution is 0.578. The van der Waals surface area contributed by atoms with Crippen molar-refractivity contribution >= 4 is 27.7 Å². The molecule has 1 heterocycles. The van der Waals surface area contributed by atoms with Gasteiger partial charge in [0.2, 0.25) is 16.0 Å². The Labute approximate surface area is 125 Å². The summed E-state index contributed by atoms with van der Waals surface area (Å²) in [5, 5.41) is 3.42. The van der Waals surface area contributed by atoms with E-state index in [1.165, 1.54) is 12.4 Å². The summed E-state index contributed by atoms with van der Waals surface area (Å²) >= 11 is 1.71. The minimum Gasteiger partial charge on any atom is -0.354 e. The summed E-state index contributed by atoms with van der Waals surface area (Å²) in [4.78, 5) is 8.09. The van der Waals surface area contributed by atoms with Crippen LogP contribution in [0.3, 0.4) is 0 Å². The standard InChI is InChI=1S/C12H22N4O2S2/c1-4-6-13-12-14-8-11(9-15-12)20(17,18)16-7-5-10(2)19-3/h8-10,16H,4-7H2,1-3H3,(H,13,14,15). The van der Waals surface area contributed by atoms with E-state index in [-0.39, 0.29) is 4.90 Å². The molecule has 0 fully saturated rings. The van der Waals surface area contributed by atoms with Crippen LogP contribution in [0, 0.1) is 0 Å². The summed E-state index contributed by atoms with van der Waals surface area (Å²) in [7, 11) is -3.51. The van der Waals surface area contributed by atoms with Crippen LogP contribution < -0.4 is 10.0 Å². The first-order valence-electron chi connectivity index (χ1n) is 6.58. The fourth-order valence-electron chi connectivity index (χ4n) is 1.38. The van der Waals surface area contributed by atoms with Crippen molar-refractivity contribution in [2.24, 2.45) is 0 Å². The molecule has 0 amide bonds. The Morgan fingerprint density at radius 1 is 1.30 bits per heavy atom. The largest absolute Gasteiger partial charge is 0.354 e. The van der Waals surface area contributed by atoms with Crippen LogP contribution in [0.4, 0.5) is 5.95 Å². The zero-order valence-corrected chi connectivity index (χ0v) is 13.7. The number of anilines is 1. The predicted molar refractivity (Wildman–Crippen MR) is 83.6 cm³/mol. The van der Waals surface area contributed by atoms with Gasteiger partial charge in [-0.25, -0.2) is 23.1 Å². The molecule has 0 saturated carbocycles. The third kappa shape index (κ3) is 5.64. The molecule has 0 radical (unpaired) electrons. The van der Waals surface area contributed by atoms with Gasteiger partial charge in [-0.15, -0.1) is 0 Å². The van der Waals surface area contributed by atoms with Gasteiger partial charge < -0.3 is 5.32 Å². The third-order valence-corrected chi connectivity index (χ3v) is 5.17. The molecule has 0 aliphatic carbocycles. The Hall–Kier alpha value is -0.860. The van der Waals surface area contributed by atoms with E-state index < -0.39 is 10.0 Å². The van der Waals surface area contributed by atoms with Crippen LogP contribution in [0.2, 0.25) is 0 Å². The molecule has 0 saturated heterocycles. The molecular weight excluding hydrogens is 296 g/mol. The van der Waals surface area contributed by atoms with E-state index in [0.717, 1.165) is 19.4 Å². The monoisotopic (exact) mass is 318 g/mol. The number of aromatic nitrogens is 2. The first-order valence-corrected chi connectivity index (χ1v) is 9.35. The highest BCUT2D eigenvalue weighted by molar-refractivity contribution is 7.99. The van der Waals surface area contributed by atoms with Gasteiger partial charge >= 0.3 is 0 Å². The van der Waals surface area contributed by atoms with Crippen molar-refractivity contribution in [2.75, 3.05) is 24.7 Å². The van der Waals surface area contributed by atoms with Gasteiger partial charge in [0.05, 0.1) is 12.4 Å². The summed E-state index contributed by atoms with van der Waals surface area (Å²) < 4.78 is 26.6. The Morgan fingerprint density at radius 2 is 1.95 bits per heavy atom. The summed E-state index contributed by atoms with van der Waals surface area (Å²) in [5.74, 6) is 0.446. The molecular formula is C12H22N4O2S2. The van der Waals surface area contributed by atoms with Crippen molar-refractivity contribution in [2.45, 2.75) is 36.8 Å². The number of sulfonamides is 1. The van der Waals surface area contributed by atoms with Crippen LogP contribution in [-0.2, 0) is 10.0 Å². The molecule has 6 nitrogen and oxygen atoms in total. The van der Waals surface area contributed by atoms with Crippen molar-refractivity contribution in [3.05, 3.63) is 12.4 Å². The second kappa shape index (κ2) is 8.43. The van der Waals surface area contributed by atoms with E-state index in [0.29, 0.717) is 17.7 Å². The molecule has 20 heavy (non-hydrogen) atoms. The van der Waals surface area contributed by atoms with Crippen LogP contribution in [0.15, 0.2) is 17.3 Å². The SMILES string of the molecule is CCCNc1ncc(S(=O)(=O)NCCC(C)SC)cn1. The maximum Gasteiger partial charge on any atom is 0.243 e. The zero-order valence-electron chi connectivity index (χ0n) is 12.1. The molecule has 1 aromatic heterocycles. The van der Waals surface area contributed by atoms with Crippen LogP contribution in [0.5, 0.6) is 0 Å². The van der Waals surface area contributed by atoms with Gasteiger partial charge in [0.1, 0.15) is 4.90 Å². The lowest BCUT2D eigenvalue weighted by Crippen LogP contribution is -2.26. The third-order valence-electron chi connectivity index (χ3n) is 2.72. The van der Waals surface area contributed by atoms with Crippen molar-refractivity contribution in [3.8, 4) is 0 Å². The molecule has 114 valence electrons. The van der Waals surface area contributed by atoms with Crippen LogP contribution in [0.25, 0.3) is 0 Å². The first kappa shape index (κ1) is 17.2. The molecule has 2 N–H and O–H groups in total. The van der Waals surface area contributed by atoms with E-state index in [2.05, 4.69) is 26.9 Å². The number of rotatable bonds is 9. The fraction of sp³-hybridized carbons (Fsp3) is 0.667. The van der Waals surface area contributed by atoms with Gasteiger partial charge in [0.25, 0.3) is 0 Å². The van der Waals surface area contributed by atoms with Gasteiger partial charge in [-0.05, 0) is 19.1 Å². The minimum absolute atomic E-state index is 0.0938. The van der Waals surface area contributed by atoms with Gasteiger partial charge in [-0.2, -0.15) is 11.8 Å². The van der Waals surface area contributed by atoms with Crippen LogP contribution in [0.1, 0.15) is 26.7 Å². The van der Waals surface area contributed by atoms with Gasteiger partial charge in [-0.1, -0.05) is 13.8 Å². The highest BCUT2D eigenvalue weighted by atomic mass is 32.2. The van der Waals surface area contributed by atoms with Crippen molar-refractivity contribution in [1.82, 2.24) is 14.7 Å². The van der Waals surface area contributed by atoms with Crippen molar-refractivity contribution < 1.29 is 8.42 Å². The normalized spacial score (nSPS) is 13.2. The number of nitrogens with zero attached hydrogens (tertiary/aromatic N) is 2. The molecule has 0 aromatic carbocycles.